The summed E-state index contributed by atoms with van der Waals surface area (Å²) < 4.78 is 18.2. The van der Waals surface area contributed by atoms with Gasteiger partial charge in [-0.25, -0.2) is 9.18 Å². The highest BCUT2D eigenvalue weighted by atomic mass is 19.1. The Hall–Kier alpha value is -1.40. The van der Waals surface area contributed by atoms with Gasteiger partial charge in [0, 0.05) is 25.8 Å². The average molecular weight is 354 g/mol. The van der Waals surface area contributed by atoms with Gasteiger partial charge >= 0.3 is 5.97 Å². The van der Waals surface area contributed by atoms with Gasteiger partial charge in [-0.1, -0.05) is 13.8 Å². The number of esters is 1. The summed E-state index contributed by atoms with van der Waals surface area (Å²) in [5.74, 6) is -0.00477. The van der Waals surface area contributed by atoms with E-state index in [-0.39, 0.29) is 5.97 Å². The molecule has 2 unspecified atom stereocenters. The summed E-state index contributed by atoms with van der Waals surface area (Å²) in [4.78, 5) is 16.2. The first-order chi connectivity index (χ1) is 11.8. The summed E-state index contributed by atoms with van der Waals surface area (Å²) in [5, 5.41) is 10.5. The molecule has 0 amide bonds. The summed E-state index contributed by atoms with van der Waals surface area (Å²) in [6, 6.07) is -0.506. The van der Waals surface area contributed by atoms with Crippen molar-refractivity contribution in [1.82, 2.24) is 9.80 Å². The van der Waals surface area contributed by atoms with Gasteiger partial charge in [0.1, 0.15) is 18.4 Å². The quantitative estimate of drug-likeness (QED) is 0.679. The number of hydrogen-bond acceptors (Lipinski definition) is 5. The Morgan fingerprint density at radius 2 is 2.12 bits per heavy atom. The van der Waals surface area contributed by atoms with E-state index in [0.29, 0.717) is 32.0 Å². The van der Waals surface area contributed by atoms with Crippen LogP contribution in [0.5, 0.6) is 0 Å². The molecule has 0 bridgehead atoms. The fourth-order valence-corrected chi connectivity index (χ4v) is 3.30. The molecule has 2 rings (SSSR count). The van der Waals surface area contributed by atoms with E-state index < -0.39 is 18.4 Å². The number of likely N-dealkylation sites (tertiary alicyclic amines) is 1. The van der Waals surface area contributed by atoms with Gasteiger partial charge in [0.2, 0.25) is 0 Å². The topological polar surface area (TPSA) is 53.0 Å². The second-order valence-corrected chi connectivity index (χ2v) is 7.37. The van der Waals surface area contributed by atoms with Crippen molar-refractivity contribution in [3.63, 3.8) is 0 Å². The minimum absolute atomic E-state index is 0.299. The number of ether oxygens (including phenoxy) is 1. The first-order valence-electron chi connectivity index (χ1n) is 9.19. The normalized spacial score (nSPS) is 23.2. The number of alkyl halides is 1. The zero-order chi connectivity index (χ0) is 18.6. The molecular weight excluding hydrogens is 323 g/mol. The van der Waals surface area contributed by atoms with E-state index in [1.165, 1.54) is 0 Å². The van der Waals surface area contributed by atoms with Gasteiger partial charge in [-0.3, -0.25) is 4.90 Å². The van der Waals surface area contributed by atoms with Gasteiger partial charge < -0.3 is 14.7 Å². The third-order valence-electron chi connectivity index (χ3n) is 4.74. The van der Waals surface area contributed by atoms with Gasteiger partial charge in [-0.15, -0.1) is 0 Å². The lowest BCUT2D eigenvalue weighted by atomic mass is 9.97. The van der Waals surface area contributed by atoms with E-state index in [0.717, 1.165) is 24.1 Å². The van der Waals surface area contributed by atoms with E-state index in [4.69, 9.17) is 4.74 Å². The monoisotopic (exact) mass is 354 g/mol. The van der Waals surface area contributed by atoms with E-state index in [9.17, 15) is 14.3 Å². The van der Waals surface area contributed by atoms with Gasteiger partial charge in [0.25, 0.3) is 0 Å². The summed E-state index contributed by atoms with van der Waals surface area (Å²) in [6.07, 6.45) is 3.51. The molecule has 2 atom stereocenters. The number of aliphatic hydroxyl groups is 1. The summed E-state index contributed by atoms with van der Waals surface area (Å²) in [7, 11) is 0. The van der Waals surface area contributed by atoms with Gasteiger partial charge in [-0.05, 0) is 49.8 Å². The molecule has 1 N–H and O–H groups in total. The fourth-order valence-electron chi connectivity index (χ4n) is 3.30. The Kier molecular flexibility index (Phi) is 7.02. The van der Waals surface area contributed by atoms with Crippen LogP contribution in [0.3, 0.4) is 0 Å². The van der Waals surface area contributed by atoms with Gasteiger partial charge in [-0.2, -0.15) is 0 Å². The molecule has 0 aromatic rings. The SMILES string of the molecule is CCOC(=O)C(CC(C)C)N1C=C(CCN2CC(F)C2)C(C)=CC1O. The molecule has 6 heteroatoms. The first-order valence-corrected chi connectivity index (χ1v) is 9.19. The van der Waals surface area contributed by atoms with Gasteiger partial charge in [0.15, 0.2) is 0 Å². The molecule has 1 saturated heterocycles. The molecule has 2 aliphatic heterocycles. The van der Waals surface area contributed by atoms with E-state index in [2.05, 4.69) is 4.90 Å². The predicted molar refractivity (Wildman–Crippen MR) is 95.5 cm³/mol. The van der Waals surface area contributed by atoms with Crippen molar-refractivity contribution >= 4 is 5.97 Å². The average Bonchev–Trinajstić information content (AvgIpc) is 2.50. The largest absolute Gasteiger partial charge is 0.464 e. The Balaban J connectivity index is 2.10. The highest BCUT2D eigenvalue weighted by molar-refractivity contribution is 5.76. The van der Waals surface area contributed by atoms with Crippen molar-refractivity contribution in [3.05, 3.63) is 23.4 Å². The van der Waals surface area contributed by atoms with Crippen molar-refractivity contribution in [2.45, 2.75) is 59.0 Å². The molecule has 2 heterocycles. The fraction of sp³-hybridized carbons (Fsp3) is 0.737. The Morgan fingerprint density at radius 3 is 2.68 bits per heavy atom. The number of nitrogens with zero attached hydrogens (tertiary/aromatic N) is 2. The van der Waals surface area contributed by atoms with Crippen molar-refractivity contribution in [2.24, 2.45) is 5.92 Å². The standard InChI is InChI=1S/C19H31FN2O3/c1-5-25-19(24)17(8-13(2)3)22-10-15(14(4)9-18(22)23)6-7-21-11-16(20)12-21/h9-10,13,16-18,23H,5-8,11-12H2,1-4H3. The van der Waals surface area contributed by atoms with Crippen molar-refractivity contribution < 1.29 is 19.0 Å². The number of carbonyl (C=O) groups is 1. The summed E-state index contributed by atoms with van der Waals surface area (Å²) >= 11 is 0. The van der Waals surface area contributed by atoms with Crippen LogP contribution in [0.4, 0.5) is 4.39 Å². The second kappa shape index (κ2) is 8.81. The molecule has 0 saturated carbocycles. The van der Waals surface area contributed by atoms with Crippen LogP contribution in [0.2, 0.25) is 0 Å². The van der Waals surface area contributed by atoms with Crippen LogP contribution in [0.1, 0.15) is 40.5 Å². The van der Waals surface area contributed by atoms with Crippen LogP contribution in [0.15, 0.2) is 23.4 Å². The molecule has 0 radical (unpaired) electrons. The minimum atomic E-state index is -0.837. The third-order valence-corrected chi connectivity index (χ3v) is 4.74. The van der Waals surface area contributed by atoms with E-state index in [1.807, 2.05) is 27.0 Å². The van der Waals surface area contributed by atoms with Crippen LogP contribution in [0, 0.1) is 5.92 Å². The number of hydrogen-bond donors (Lipinski definition) is 1. The molecule has 0 spiro atoms. The molecule has 0 aromatic carbocycles. The highest BCUT2D eigenvalue weighted by Gasteiger charge is 2.32. The Bertz CT molecular complexity index is 527. The first kappa shape index (κ1) is 19.9. The molecule has 0 aromatic heterocycles. The second-order valence-electron chi connectivity index (χ2n) is 7.37. The maximum Gasteiger partial charge on any atom is 0.328 e. The van der Waals surface area contributed by atoms with Crippen LogP contribution in [0.25, 0.3) is 0 Å². The molecule has 25 heavy (non-hydrogen) atoms. The predicted octanol–water partition coefficient (Wildman–Crippen LogP) is 2.47. The molecule has 5 nitrogen and oxygen atoms in total. The lowest BCUT2D eigenvalue weighted by molar-refractivity contribution is -0.152. The van der Waals surface area contributed by atoms with Crippen molar-refractivity contribution in [2.75, 3.05) is 26.2 Å². The zero-order valence-electron chi connectivity index (χ0n) is 15.7. The number of aliphatic hydroxyl groups excluding tert-OH is 1. The number of rotatable bonds is 8. The van der Waals surface area contributed by atoms with E-state index >= 15 is 0 Å². The smallest absolute Gasteiger partial charge is 0.328 e. The number of halogens is 1. The lowest BCUT2D eigenvalue weighted by Crippen LogP contribution is -2.49. The maximum atomic E-state index is 13.0. The van der Waals surface area contributed by atoms with E-state index in [1.54, 1.807) is 17.9 Å². The van der Waals surface area contributed by atoms with Crippen molar-refractivity contribution in [3.8, 4) is 0 Å². The molecule has 0 aliphatic carbocycles. The van der Waals surface area contributed by atoms with Crippen LogP contribution < -0.4 is 0 Å². The maximum absolute atomic E-state index is 13.0. The highest BCUT2D eigenvalue weighted by Crippen LogP contribution is 2.27. The molecule has 1 fully saturated rings. The summed E-state index contributed by atoms with van der Waals surface area (Å²) in [5.41, 5.74) is 2.08. The van der Waals surface area contributed by atoms with Crippen LogP contribution in [-0.4, -0.2) is 65.6 Å². The molecular formula is C19H31FN2O3. The van der Waals surface area contributed by atoms with Crippen molar-refractivity contribution in [1.29, 1.82) is 0 Å². The lowest BCUT2D eigenvalue weighted by Gasteiger charge is -2.38. The summed E-state index contributed by atoms with van der Waals surface area (Å²) in [6.45, 7) is 9.95. The van der Waals surface area contributed by atoms with Crippen LogP contribution >= 0.6 is 0 Å². The Labute approximate surface area is 150 Å². The minimum Gasteiger partial charge on any atom is -0.464 e. The Morgan fingerprint density at radius 1 is 1.44 bits per heavy atom. The molecule has 142 valence electrons. The van der Waals surface area contributed by atoms with Gasteiger partial charge in [0.05, 0.1) is 6.61 Å². The number of allylic oxidation sites excluding steroid dienone is 1. The van der Waals surface area contributed by atoms with Crippen LogP contribution in [-0.2, 0) is 9.53 Å². The number of carbonyl (C=O) groups excluding carboxylic acids is 1. The molecule has 2 aliphatic rings. The third kappa shape index (κ3) is 5.28. The zero-order valence-corrected chi connectivity index (χ0v) is 15.7.